The molecule has 0 aromatic heterocycles. The van der Waals surface area contributed by atoms with E-state index in [4.69, 9.17) is 0 Å². The summed E-state index contributed by atoms with van der Waals surface area (Å²) in [6, 6.07) is 26.3. The van der Waals surface area contributed by atoms with E-state index in [1.54, 1.807) is 51.1 Å². The number of nitrogens with one attached hydrogen (secondary N) is 1. The highest BCUT2D eigenvalue weighted by molar-refractivity contribution is 7.89. The molecule has 0 saturated carbocycles. The molecule has 230 valence electrons. The van der Waals surface area contributed by atoms with Crippen LogP contribution in [0, 0.1) is 6.92 Å². The van der Waals surface area contributed by atoms with E-state index in [0.29, 0.717) is 40.3 Å². The smallest absolute Gasteiger partial charge is 0.243 e. The number of phenols is 2. The van der Waals surface area contributed by atoms with Gasteiger partial charge in [-0.2, -0.15) is 14.5 Å². The number of azo groups is 2. The number of aromatic hydroxyl groups is 2. The molecule has 0 amide bonds. The summed E-state index contributed by atoms with van der Waals surface area (Å²) in [4.78, 5) is 0.596. The summed E-state index contributed by atoms with van der Waals surface area (Å²) < 4.78 is 26.8. The van der Waals surface area contributed by atoms with Crippen molar-refractivity contribution < 1.29 is 18.6 Å². The molecular formula is C33H32N6O4S2. The predicted molar refractivity (Wildman–Crippen MR) is 180 cm³/mol. The van der Waals surface area contributed by atoms with E-state index in [2.05, 4.69) is 38.4 Å². The molecule has 10 nitrogen and oxygen atoms in total. The van der Waals surface area contributed by atoms with Gasteiger partial charge >= 0.3 is 0 Å². The summed E-state index contributed by atoms with van der Waals surface area (Å²) in [5.74, 6) is -0.262. The first kappa shape index (κ1) is 31.6. The number of phenolic OH excluding ortho intramolecular Hbond substituents is 2. The number of nitrogens with zero attached hydrogens (tertiary/aromatic N) is 5. The number of hydrogen-bond donors (Lipinski definition) is 4. The van der Waals surface area contributed by atoms with Crippen molar-refractivity contribution in [3.63, 3.8) is 0 Å². The van der Waals surface area contributed by atoms with Gasteiger partial charge in [0.15, 0.2) is 5.75 Å². The summed E-state index contributed by atoms with van der Waals surface area (Å²) in [7, 11) is -3.57. The number of aryl methyl sites for hydroxylation is 1. The van der Waals surface area contributed by atoms with Gasteiger partial charge in [-0.3, -0.25) is 0 Å². The van der Waals surface area contributed by atoms with Crippen LogP contribution < -0.4 is 5.32 Å². The Morgan fingerprint density at radius 3 is 2.16 bits per heavy atom. The van der Waals surface area contributed by atoms with Gasteiger partial charge in [0.1, 0.15) is 17.1 Å². The van der Waals surface area contributed by atoms with E-state index in [-0.39, 0.29) is 27.8 Å². The molecule has 0 bridgehead atoms. The molecular weight excluding hydrogens is 609 g/mol. The lowest BCUT2D eigenvalue weighted by molar-refractivity contribution is 0.445. The maximum absolute atomic E-state index is 12.7. The van der Waals surface area contributed by atoms with Crippen LogP contribution in [-0.2, 0) is 10.0 Å². The summed E-state index contributed by atoms with van der Waals surface area (Å²) in [5.41, 5.74) is 3.65. The Hall–Kier alpha value is -4.78. The Kier molecular flexibility index (Phi) is 9.47. The van der Waals surface area contributed by atoms with E-state index in [0.717, 1.165) is 16.8 Å². The Morgan fingerprint density at radius 2 is 1.47 bits per heavy atom. The van der Waals surface area contributed by atoms with Crippen molar-refractivity contribution in [1.29, 1.82) is 0 Å². The highest BCUT2D eigenvalue weighted by atomic mass is 32.2. The molecule has 0 spiro atoms. The second-order valence-corrected chi connectivity index (χ2v) is 12.6. The van der Waals surface area contributed by atoms with Gasteiger partial charge in [-0.05, 0) is 84.6 Å². The van der Waals surface area contributed by atoms with E-state index in [9.17, 15) is 18.6 Å². The standard InChI is InChI=1S/C33H32N6O4S2/c1-4-39(5-2)45(42,43)26-14-11-24(12-15-26)35-36-28-20-30(40)29(17-21(28)3)37-38-32-31(44)19-22-18-25(13-16-27(22)33(32)41)34-23-9-7-6-8-10-23/h6-20,34,40-41,44H,4-5H2,1-3H3/b36-35+,38-37+. The third-order valence-corrected chi connectivity index (χ3v) is 9.54. The van der Waals surface area contributed by atoms with Gasteiger partial charge in [0.25, 0.3) is 0 Å². The number of para-hydroxylation sites is 1. The molecule has 12 heteroatoms. The SMILES string of the molecule is CCN(CC)S(=O)(=O)c1ccc(/N=N/c2cc(O)c(/N=N/c3c(S)cc4cc(Nc5ccccc5)ccc4c3O)cc2C)cc1. The lowest BCUT2D eigenvalue weighted by atomic mass is 10.1. The normalized spacial score (nSPS) is 12.1. The molecule has 0 unspecified atom stereocenters. The molecule has 0 fully saturated rings. The molecule has 0 aliphatic rings. The molecule has 0 saturated heterocycles. The first-order valence-electron chi connectivity index (χ1n) is 14.2. The summed E-state index contributed by atoms with van der Waals surface area (Å²) >= 11 is 4.53. The number of sulfonamides is 1. The zero-order valence-electron chi connectivity index (χ0n) is 24.9. The first-order valence-corrected chi connectivity index (χ1v) is 16.1. The second-order valence-electron chi connectivity index (χ2n) is 10.1. The maximum Gasteiger partial charge on any atom is 0.243 e. The van der Waals surface area contributed by atoms with E-state index in [1.165, 1.54) is 22.5 Å². The van der Waals surface area contributed by atoms with Crippen LogP contribution in [0.5, 0.6) is 11.5 Å². The minimum atomic E-state index is -3.57. The largest absolute Gasteiger partial charge is 0.506 e. The number of hydrogen-bond acceptors (Lipinski definition) is 10. The first-order chi connectivity index (χ1) is 21.6. The van der Waals surface area contributed by atoms with Crippen molar-refractivity contribution in [2.45, 2.75) is 30.6 Å². The molecule has 0 heterocycles. The summed E-state index contributed by atoms with van der Waals surface area (Å²) in [6.45, 7) is 6.13. The Morgan fingerprint density at radius 1 is 0.778 bits per heavy atom. The molecule has 0 aliphatic carbocycles. The molecule has 5 aromatic carbocycles. The highest BCUT2D eigenvalue weighted by Gasteiger charge is 2.21. The molecule has 5 aromatic rings. The third-order valence-electron chi connectivity index (χ3n) is 7.13. The molecule has 0 atom stereocenters. The van der Waals surface area contributed by atoms with Gasteiger partial charge in [0.05, 0.1) is 16.3 Å². The van der Waals surface area contributed by atoms with Crippen molar-refractivity contribution in [3.05, 3.63) is 96.6 Å². The van der Waals surface area contributed by atoms with Crippen molar-refractivity contribution in [1.82, 2.24) is 4.31 Å². The molecule has 45 heavy (non-hydrogen) atoms. The van der Waals surface area contributed by atoms with Crippen LogP contribution in [0.1, 0.15) is 19.4 Å². The van der Waals surface area contributed by atoms with Crippen LogP contribution in [-0.4, -0.2) is 36.0 Å². The van der Waals surface area contributed by atoms with Gasteiger partial charge < -0.3 is 15.5 Å². The third kappa shape index (κ3) is 6.98. The Labute approximate surface area is 267 Å². The van der Waals surface area contributed by atoms with Crippen LogP contribution in [0.4, 0.5) is 34.1 Å². The van der Waals surface area contributed by atoms with Crippen molar-refractivity contribution >= 4 is 67.5 Å². The van der Waals surface area contributed by atoms with Crippen molar-refractivity contribution in [2.24, 2.45) is 20.5 Å². The fourth-order valence-electron chi connectivity index (χ4n) is 4.70. The van der Waals surface area contributed by atoms with Crippen LogP contribution in [0.2, 0.25) is 0 Å². The minimum Gasteiger partial charge on any atom is -0.506 e. The fraction of sp³-hybridized carbons (Fsp3) is 0.152. The van der Waals surface area contributed by atoms with E-state index < -0.39 is 10.0 Å². The van der Waals surface area contributed by atoms with Crippen LogP contribution >= 0.6 is 12.6 Å². The number of rotatable bonds is 10. The number of benzene rings is 5. The zero-order valence-corrected chi connectivity index (χ0v) is 26.6. The lowest BCUT2D eigenvalue weighted by Gasteiger charge is -2.18. The minimum absolute atomic E-state index is 0.0786. The number of thiol groups is 1. The predicted octanol–water partition coefficient (Wildman–Crippen LogP) is 9.45. The van der Waals surface area contributed by atoms with Crippen molar-refractivity contribution in [2.75, 3.05) is 18.4 Å². The lowest BCUT2D eigenvalue weighted by Crippen LogP contribution is -2.30. The Bertz CT molecular complexity index is 2010. The topological polar surface area (TPSA) is 139 Å². The van der Waals surface area contributed by atoms with Crippen LogP contribution in [0.25, 0.3) is 10.8 Å². The van der Waals surface area contributed by atoms with Crippen LogP contribution in [0.3, 0.4) is 0 Å². The molecule has 0 aliphatic heterocycles. The quantitative estimate of drug-likeness (QED) is 0.0889. The Balaban J connectivity index is 1.34. The number of fused-ring (bicyclic) bond motifs is 1. The van der Waals surface area contributed by atoms with Gasteiger partial charge in [0, 0.05) is 40.8 Å². The van der Waals surface area contributed by atoms with Crippen molar-refractivity contribution in [3.8, 4) is 11.5 Å². The monoisotopic (exact) mass is 640 g/mol. The molecule has 0 radical (unpaired) electrons. The highest BCUT2D eigenvalue weighted by Crippen LogP contribution is 2.43. The number of anilines is 2. The molecule has 3 N–H and O–H groups in total. The van der Waals surface area contributed by atoms with E-state index >= 15 is 0 Å². The zero-order chi connectivity index (χ0) is 32.1. The van der Waals surface area contributed by atoms with Gasteiger partial charge in [-0.15, -0.1) is 22.9 Å². The maximum atomic E-state index is 12.7. The van der Waals surface area contributed by atoms with Gasteiger partial charge in [-0.1, -0.05) is 32.0 Å². The van der Waals surface area contributed by atoms with Gasteiger partial charge in [0.2, 0.25) is 10.0 Å². The second kappa shape index (κ2) is 13.5. The summed E-state index contributed by atoms with van der Waals surface area (Å²) in [6.07, 6.45) is 0. The summed E-state index contributed by atoms with van der Waals surface area (Å²) in [5, 5.41) is 43.2. The average Bonchev–Trinajstić information content (AvgIpc) is 3.02. The fourth-order valence-corrected chi connectivity index (χ4v) is 6.45. The van der Waals surface area contributed by atoms with Gasteiger partial charge in [-0.25, -0.2) is 8.42 Å². The van der Waals surface area contributed by atoms with E-state index in [1.807, 2.05) is 42.5 Å². The molecule has 5 rings (SSSR count). The van der Waals surface area contributed by atoms with Crippen LogP contribution in [0.15, 0.2) is 121 Å². The average molecular weight is 641 g/mol.